The van der Waals surface area contributed by atoms with Gasteiger partial charge in [0.05, 0.1) is 0 Å². The van der Waals surface area contributed by atoms with Crippen molar-refractivity contribution in [3.63, 3.8) is 0 Å². The van der Waals surface area contributed by atoms with Gasteiger partial charge in [-0.1, -0.05) is 44.5 Å². The molecule has 0 saturated heterocycles. The second-order valence-electron chi connectivity index (χ2n) is 7.70. The molecule has 1 fully saturated rings. The van der Waals surface area contributed by atoms with Crippen molar-refractivity contribution in [1.29, 1.82) is 0 Å². The molecule has 3 N–H and O–H groups in total. The molecule has 1 aromatic carbocycles. The van der Waals surface area contributed by atoms with E-state index in [9.17, 15) is 4.79 Å². The molecule has 150 valence electrons. The van der Waals surface area contributed by atoms with Crippen LogP contribution in [0.25, 0.3) is 0 Å². The van der Waals surface area contributed by atoms with E-state index in [0.717, 1.165) is 57.7 Å². The minimum atomic E-state index is 0.227. The van der Waals surface area contributed by atoms with Crippen molar-refractivity contribution in [3.05, 3.63) is 35.4 Å². The van der Waals surface area contributed by atoms with Gasteiger partial charge in [-0.2, -0.15) is 0 Å². The summed E-state index contributed by atoms with van der Waals surface area (Å²) in [7, 11) is 1.79. The summed E-state index contributed by atoms with van der Waals surface area (Å²) in [5.41, 5.74) is 2.77. The molecule has 0 unspecified atom stereocenters. The van der Waals surface area contributed by atoms with Crippen LogP contribution in [0.5, 0.6) is 0 Å². The third-order valence-electron chi connectivity index (χ3n) is 5.23. The highest BCUT2D eigenvalue weighted by molar-refractivity contribution is 5.80. The van der Waals surface area contributed by atoms with Gasteiger partial charge in [0.2, 0.25) is 5.91 Å². The number of nitrogens with zero attached hydrogens (tertiary/aromatic N) is 1. The Labute approximate surface area is 164 Å². The third-order valence-corrected chi connectivity index (χ3v) is 5.23. The van der Waals surface area contributed by atoms with E-state index >= 15 is 0 Å². The van der Waals surface area contributed by atoms with E-state index < -0.39 is 0 Å². The highest BCUT2D eigenvalue weighted by Crippen LogP contribution is 2.26. The minimum absolute atomic E-state index is 0.227. The lowest BCUT2D eigenvalue weighted by atomic mass is 9.85. The monoisotopic (exact) mass is 372 g/mol. The van der Waals surface area contributed by atoms with E-state index in [1.54, 1.807) is 7.05 Å². The minimum Gasteiger partial charge on any atom is -0.356 e. The normalized spacial score (nSPS) is 14.7. The van der Waals surface area contributed by atoms with Gasteiger partial charge in [-0.05, 0) is 49.1 Å². The summed E-state index contributed by atoms with van der Waals surface area (Å²) in [5, 5.41) is 9.68. The maximum atomic E-state index is 11.8. The van der Waals surface area contributed by atoms with Gasteiger partial charge in [-0.25, -0.2) is 0 Å². The lowest BCUT2D eigenvalue weighted by Crippen LogP contribution is -2.40. The number of hydrogen-bond acceptors (Lipinski definition) is 2. The van der Waals surface area contributed by atoms with Crippen molar-refractivity contribution in [1.82, 2.24) is 16.0 Å². The molecule has 1 aliphatic rings. The van der Waals surface area contributed by atoms with Gasteiger partial charge in [0.25, 0.3) is 0 Å². The molecule has 1 aliphatic carbocycles. The van der Waals surface area contributed by atoms with Crippen LogP contribution in [0.3, 0.4) is 0 Å². The van der Waals surface area contributed by atoms with Gasteiger partial charge in [0.15, 0.2) is 5.96 Å². The Kier molecular flexibility index (Phi) is 9.16. The topological polar surface area (TPSA) is 65.5 Å². The standard InChI is InChI=1S/C22H36N4O/c1-17(2)19-12-10-18(11-13-19)7-5-14-25-22(23-3)26-16-6-15-24-21(27)20-8-4-9-20/h10-13,17,20H,4-9,14-16H2,1-3H3,(H,24,27)(H2,23,25,26). The maximum absolute atomic E-state index is 11.8. The predicted molar refractivity (Wildman–Crippen MR) is 113 cm³/mol. The molecular formula is C22H36N4O. The molecule has 0 aliphatic heterocycles. The lowest BCUT2D eigenvalue weighted by Gasteiger charge is -2.24. The maximum Gasteiger partial charge on any atom is 0.223 e. The van der Waals surface area contributed by atoms with Crippen LogP contribution in [0.4, 0.5) is 0 Å². The summed E-state index contributed by atoms with van der Waals surface area (Å²) in [4.78, 5) is 16.0. The molecule has 27 heavy (non-hydrogen) atoms. The van der Waals surface area contributed by atoms with Crippen molar-refractivity contribution in [2.45, 2.75) is 58.3 Å². The Balaban J connectivity index is 1.52. The average molecular weight is 373 g/mol. The predicted octanol–water partition coefficient (Wildman–Crippen LogP) is 3.21. The second kappa shape index (κ2) is 11.6. The molecular weight excluding hydrogens is 336 g/mol. The summed E-state index contributed by atoms with van der Waals surface area (Å²) in [6.07, 6.45) is 6.35. The smallest absolute Gasteiger partial charge is 0.223 e. The second-order valence-corrected chi connectivity index (χ2v) is 7.70. The number of nitrogens with one attached hydrogen (secondary N) is 3. The summed E-state index contributed by atoms with van der Waals surface area (Å²) in [5.74, 6) is 1.91. The highest BCUT2D eigenvalue weighted by atomic mass is 16.1. The van der Waals surface area contributed by atoms with Crippen molar-refractivity contribution in [2.75, 3.05) is 26.7 Å². The van der Waals surface area contributed by atoms with Crippen LogP contribution in [-0.2, 0) is 11.2 Å². The van der Waals surface area contributed by atoms with Gasteiger partial charge in [0.1, 0.15) is 0 Å². The Morgan fingerprint density at radius 2 is 1.67 bits per heavy atom. The lowest BCUT2D eigenvalue weighted by molar-refractivity contribution is -0.127. The SMILES string of the molecule is CN=C(NCCCNC(=O)C1CCC1)NCCCc1ccc(C(C)C)cc1. The molecule has 1 saturated carbocycles. The van der Waals surface area contributed by atoms with E-state index in [4.69, 9.17) is 0 Å². The van der Waals surface area contributed by atoms with E-state index in [2.05, 4.69) is 59.1 Å². The van der Waals surface area contributed by atoms with Crippen LogP contribution < -0.4 is 16.0 Å². The summed E-state index contributed by atoms with van der Waals surface area (Å²) < 4.78 is 0. The van der Waals surface area contributed by atoms with E-state index in [1.807, 2.05) is 0 Å². The van der Waals surface area contributed by atoms with Crippen molar-refractivity contribution < 1.29 is 4.79 Å². The van der Waals surface area contributed by atoms with Gasteiger partial charge >= 0.3 is 0 Å². The average Bonchev–Trinajstić information content (AvgIpc) is 2.62. The Morgan fingerprint density at radius 3 is 2.22 bits per heavy atom. The number of aliphatic imine (C=N–C) groups is 1. The number of rotatable bonds is 10. The van der Waals surface area contributed by atoms with E-state index in [0.29, 0.717) is 5.92 Å². The van der Waals surface area contributed by atoms with Crippen molar-refractivity contribution in [2.24, 2.45) is 10.9 Å². The van der Waals surface area contributed by atoms with Crippen LogP contribution in [0, 0.1) is 5.92 Å². The molecule has 2 rings (SSSR count). The molecule has 1 aromatic rings. The molecule has 5 nitrogen and oxygen atoms in total. The first-order valence-corrected chi connectivity index (χ1v) is 10.4. The Morgan fingerprint density at radius 1 is 1.04 bits per heavy atom. The molecule has 5 heteroatoms. The Bertz CT molecular complexity index is 591. The number of aryl methyl sites for hydroxylation is 1. The van der Waals surface area contributed by atoms with Gasteiger partial charge in [0, 0.05) is 32.6 Å². The molecule has 0 aromatic heterocycles. The molecule has 0 bridgehead atoms. The van der Waals surface area contributed by atoms with Gasteiger partial charge in [-0.15, -0.1) is 0 Å². The zero-order chi connectivity index (χ0) is 19.5. The Hall–Kier alpha value is -2.04. The molecule has 0 radical (unpaired) electrons. The van der Waals surface area contributed by atoms with Gasteiger partial charge < -0.3 is 16.0 Å². The van der Waals surface area contributed by atoms with Crippen LogP contribution in [0.15, 0.2) is 29.3 Å². The number of carbonyl (C=O) groups excluding carboxylic acids is 1. The van der Waals surface area contributed by atoms with E-state index in [-0.39, 0.29) is 11.8 Å². The van der Waals surface area contributed by atoms with Crippen molar-refractivity contribution in [3.8, 4) is 0 Å². The van der Waals surface area contributed by atoms with Crippen LogP contribution in [0.1, 0.15) is 63.0 Å². The summed E-state index contributed by atoms with van der Waals surface area (Å²) in [6, 6.07) is 8.94. The first-order chi connectivity index (χ1) is 13.1. The summed E-state index contributed by atoms with van der Waals surface area (Å²) in [6.45, 7) is 6.87. The summed E-state index contributed by atoms with van der Waals surface area (Å²) >= 11 is 0. The van der Waals surface area contributed by atoms with Crippen LogP contribution in [-0.4, -0.2) is 38.5 Å². The fourth-order valence-electron chi connectivity index (χ4n) is 3.11. The van der Waals surface area contributed by atoms with Crippen LogP contribution in [0.2, 0.25) is 0 Å². The fourth-order valence-corrected chi connectivity index (χ4v) is 3.11. The molecule has 1 amide bonds. The highest BCUT2D eigenvalue weighted by Gasteiger charge is 2.24. The number of guanidine groups is 1. The zero-order valence-corrected chi connectivity index (χ0v) is 17.2. The number of benzene rings is 1. The van der Waals surface area contributed by atoms with Crippen molar-refractivity contribution >= 4 is 11.9 Å². The quantitative estimate of drug-likeness (QED) is 0.336. The first kappa shape index (κ1) is 21.3. The molecule has 0 heterocycles. The number of carbonyl (C=O) groups is 1. The largest absolute Gasteiger partial charge is 0.356 e. The first-order valence-electron chi connectivity index (χ1n) is 10.4. The zero-order valence-electron chi connectivity index (χ0n) is 17.2. The fraction of sp³-hybridized carbons (Fsp3) is 0.636. The van der Waals surface area contributed by atoms with E-state index in [1.165, 1.54) is 17.5 Å². The third kappa shape index (κ3) is 7.61. The number of hydrogen-bond donors (Lipinski definition) is 3. The van der Waals surface area contributed by atoms with Gasteiger partial charge in [-0.3, -0.25) is 9.79 Å². The molecule has 0 atom stereocenters. The molecule has 0 spiro atoms. The van der Waals surface area contributed by atoms with Crippen LogP contribution >= 0.6 is 0 Å². The number of amides is 1.